The Labute approximate surface area is 175 Å². The molecule has 2 aromatic carbocycles. The lowest BCUT2D eigenvalue weighted by atomic mass is 10.1. The molecule has 0 radical (unpaired) electrons. The number of amides is 1. The van der Waals surface area contributed by atoms with Gasteiger partial charge >= 0.3 is 0 Å². The molecular weight excluding hydrogens is 382 g/mol. The Kier molecular flexibility index (Phi) is 6.85. The zero-order chi connectivity index (χ0) is 21.5. The normalized spacial score (nSPS) is 11.6. The number of hydrogen-bond acceptors (Lipinski definition) is 5. The van der Waals surface area contributed by atoms with Crippen LogP contribution in [-0.2, 0) is 4.79 Å². The molecule has 0 saturated heterocycles. The Morgan fingerprint density at radius 1 is 1.03 bits per heavy atom. The highest BCUT2D eigenvalue weighted by atomic mass is 16.5. The third-order valence-electron chi connectivity index (χ3n) is 4.65. The van der Waals surface area contributed by atoms with Gasteiger partial charge in [-0.1, -0.05) is 29.8 Å². The standard InChI is InChI=1S/C23H25N3O4/c1-16-4-6-18(7-5-16)21-12-13-22(27)26(25-21)17(2)23(28)24-14-15-30-20-10-8-19(29-3)9-11-20/h4-13,17H,14-15H2,1-3H3,(H,24,28). The van der Waals surface area contributed by atoms with Crippen LogP contribution in [0.3, 0.4) is 0 Å². The Balaban J connectivity index is 1.59. The summed E-state index contributed by atoms with van der Waals surface area (Å²) >= 11 is 0. The van der Waals surface area contributed by atoms with Crippen LogP contribution in [0.2, 0.25) is 0 Å². The molecule has 0 aliphatic rings. The predicted octanol–water partition coefficient (Wildman–Crippen LogP) is 2.98. The number of methoxy groups -OCH3 is 1. The molecule has 1 amide bonds. The van der Waals surface area contributed by atoms with E-state index in [1.165, 1.54) is 10.7 Å². The molecule has 30 heavy (non-hydrogen) atoms. The van der Waals surface area contributed by atoms with Crippen molar-refractivity contribution in [1.29, 1.82) is 0 Å². The molecule has 7 heteroatoms. The second-order valence-electron chi connectivity index (χ2n) is 6.86. The summed E-state index contributed by atoms with van der Waals surface area (Å²) in [6, 6.07) is 17.4. The van der Waals surface area contributed by atoms with Crippen molar-refractivity contribution in [2.24, 2.45) is 0 Å². The van der Waals surface area contributed by atoms with Gasteiger partial charge in [-0.3, -0.25) is 9.59 Å². The number of rotatable bonds is 8. The predicted molar refractivity (Wildman–Crippen MR) is 115 cm³/mol. The summed E-state index contributed by atoms with van der Waals surface area (Å²) in [5.74, 6) is 1.13. The molecule has 1 N–H and O–H groups in total. The average Bonchev–Trinajstić information content (AvgIpc) is 2.77. The Morgan fingerprint density at radius 3 is 2.37 bits per heavy atom. The number of ether oxygens (including phenoxy) is 2. The van der Waals surface area contributed by atoms with Crippen LogP contribution >= 0.6 is 0 Å². The average molecular weight is 407 g/mol. The molecule has 0 aliphatic heterocycles. The van der Waals surface area contributed by atoms with Crippen molar-refractivity contribution in [2.75, 3.05) is 20.3 Å². The lowest BCUT2D eigenvalue weighted by Crippen LogP contribution is -2.38. The van der Waals surface area contributed by atoms with Gasteiger partial charge in [0.15, 0.2) is 0 Å². The van der Waals surface area contributed by atoms with Gasteiger partial charge in [0.05, 0.1) is 19.3 Å². The van der Waals surface area contributed by atoms with Gasteiger partial charge in [0.25, 0.3) is 5.56 Å². The smallest absolute Gasteiger partial charge is 0.267 e. The van der Waals surface area contributed by atoms with E-state index in [0.29, 0.717) is 24.6 Å². The highest BCUT2D eigenvalue weighted by molar-refractivity contribution is 5.79. The Hall–Kier alpha value is -3.61. The van der Waals surface area contributed by atoms with Gasteiger partial charge < -0.3 is 14.8 Å². The van der Waals surface area contributed by atoms with Crippen LogP contribution in [0.5, 0.6) is 11.5 Å². The van der Waals surface area contributed by atoms with Crippen molar-refractivity contribution in [1.82, 2.24) is 15.1 Å². The SMILES string of the molecule is COc1ccc(OCCNC(=O)C(C)n2nc(-c3ccc(C)cc3)ccc2=O)cc1. The summed E-state index contributed by atoms with van der Waals surface area (Å²) in [5.41, 5.74) is 2.33. The highest BCUT2D eigenvalue weighted by Gasteiger charge is 2.17. The topological polar surface area (TPSA) is 82.4 Å². The molecule has 156 valence electrons. The number of nitrogens with one attached hydrogen (secondary N) is 1. The third-order valence-corrected chi connectivity index (χ3v) is 4.65. The Morgan fingerprint density at radius 2 is 1.70 bits per heavy atom. The second-order valence-corrected chi connectivity index (χ2v) is 6.86. The largest absolute Gasteiger partial charge is 0.497 e. The number of nitrogens with zero attached hydrogens (tertiary/aromatic N) is 2. The number of aryl methyl sites for hydroxylation is 1. The summed E-state index contributed by atoms with van der Waals surface area (Å²) in [4.78, 5) is 24.8. The number of carbonyl (C=O) groups excluding carboxylic acids is 1. The maximum absolute atomic E-state index is 12.5. The van der Waals surface area contributed by atoms with Crippen molar-refractivity contribution < 1.29 is 14.3 Å². The zero-order valence-corrected chi connectivity index (χ0v) is 17.3. The molecule has 1 atom stereocenters. The summed E-state index contributed by atoms with van der Waals surface area (Å²) in [6.45, 7) is 4.26. The van der Waals surface area contributed by atoms with E-state index >= 15 is 0 Å². The maximum Gasteiger partial charge on any atom is 0.267 e. The van der Waals surface area contributed by atoms with E-state index in [0.717, 1.165) is 16.9 Å². The zero-order valence-electron chi connectivity index (χ0n) is 17.3. The van der Waals surface area contributed by atoms with Gasteiger partial charge in [-0.05, 0) is 44.2 Å². The van der Waals surface area contributed by atoms with E-state index in [-0.39, 0.29) is 11.5 Å². The fourth-order valence-electron chi connectivity index (χ4n) is 2.85. The van der Waals surface area contributed by atoms with Gasteiger partial charge in [-0.2, -0.15) is 5.10 Å². The molecule has 0 saturated carbocycles. The van der Waals surface area contributed by atoms with E-state index in [1.807, 2.05) is 31.2 Å². The number of carbonyl (C=O) groups is 1. The van der Waals surface area contributed by atoms with Crippen molar-refractivity contribution >= 4 is 5.91 Å². The quantitative estimate of drug-likeness (QED) is 0.581. The van der Waals surface area contributed by atoms with Crippen molar-refractivity contribution in [3.63, 3.8) is 0 Å². The minimum Gasteiger partial charge on any atom is -0.497 e. The minimum atomic E-state index is -0.746. The van der Waals surface area contributed by atoms with E-state index in [9.17, 15) is 9.59 Å². The molecule has 3 rings (SSSR count). The van der Waals surface area contributed by atoms with E-state index in [1.54, 1.807) is 44.4 Å². The van der Waals surface area contributed by atoms with Crippen LogP contribution in [0.15, 0.2) is 65.5 Å². The monoisotopic (exact) mass is 407 g/mol. The van der Waals surface area contributed by atoms with Crippen LogP contribution in [0, 0.1) is 6.92 Å². The second kappa shape index (κ2) is 9.73. The fourth-order valence-corrected chi connectivity index (χ4v) is 2.85. The number of aromatic nitrogens is 2. The van der Waals surface area contributed by atoms with Gasteiger partial charge in [0.2, 0.25) is 5.91 Å². The highest BCUT2D eigenvalue weighted by Crippen LogP contribution is 2.17. The first-order valence-electron chi connectivity index (χ1n) is 9.69. The summed E-state index contributed by atoms with van der Waals surface area (Å²) in [6.07, 6.45) is 0. The molecule has 1 aromatic heterocycles. The molecule has 1 heterocycles. The van der Waals surface area contributed by atoms with Crippen LogP contribution in [0.25, 0.3) is 11.3 Å². The number of benzene rings is 2. The van der Waals surface area contributed by atoms with Gasteiger partial charge in [-0.15, -0.1) is 0 Å². The van der Waals surface area contributed by atoms with Gasteiger partial charge in [0, 0.05) is 11.6 Å². The van der Waals surface area contributed by atoms with Gasteiger partial charge in [0.1, 0.15) is 24.1 Å². The summed E-state index contributed by atoms with van der Waals surface area (Å²) in [5, 5.41) is 7.16. The molecule has 1 unspecified atom stereocenters. The summed E-state index contributed by atoms with van der Waals surface area (Å²) < 4.78 is 11.9. The van der Waals surface area contributed by atoms with E-state index in [4.69, 9.17) is 9.47 Å². The summed E-state index contributed by atoms with van der Waals surface area (Å²) in [7, 11) is 1.60. The molecule has 0 aliphatic carbocycles. The van der Waals surface area contributed by atoms with Crippen molar-refractivity contribution in [3.05, 3.63) is 76.6 Å². The number of hydrogen-bond donors (Lipinski definition) is 1. The van der Waals surface area contributed by atoms with Gasteiger partial charge in [-0.25, -0.2) is 4.68 Å². The van der Waals surface area contributed by atoms with E-state index in [2.05, 4.69) is 10.4 Å². The fraction of sp³-hybridized carbons (Fsp3) is 0.261. The lowest BCUT2D eigenvalue weighted by molar-refractivity contribution is -0.124. The maximum atomic E-state index is 12.5. The van der Waals surface area contributed by atoms with Crippen LogP contribution in [0.4, 0.5) is 0 Å². The molecular formula is C23H25N3O4. The first-order chi connectivity index (χ1) is 14.5. The third kappa shape index (κ3) is 5.26. The Bertz CT molecular complexity index is 1040. The van der Waals surface area contributed by atoms with Crippen molar-refractivity contribution in [2.45, 2.75) is 19.9 Å². The van der Waals surface area contributed by atoms with Crippen LogP contribution in [0.1, 0.15) is 18.5 Å². The van der Waals surface area contributed by atoms with Crippen LogP contribution in [-0.4, -0.2) is 35.9 Å². The van der Waals surface area contributed by atoms with Crippen molar-refractivity contribution in [3.8, 4) is 22.8 Å². The lowest BCUT2D eigenvalue weighted by Gasteiger charge is -2.15. The molecule has 0 spiro atoms. The van der Waals surface area contributed by atoms with E-state index < -0.39 is 6.04 Å². The molecule has 0 fully saturated rings. The first kappa shape index (κ1) is 21.1. The molecule has 0 bridgehead atoms. The first-order valence-corrected chi connectivity index (χ1v) is 9.69. The molecule has 7 nitrogen and oxygen atoms in total. The molecule has 3 aromatic rings. The minimum absolute atomic E-state index is 0.302. The van der Waals surface area contributed by atoms with Crippen LogP contribution < -0.4 is 20.3 Å².